The lowest BCUT2D eigenvalue weighted by atomic mass is 10.3. The van der Waals surface area contributed by atoms with Crippen LogP contribution in [0.25, 0.3) is 5.69 Å². The molecule has 1 N–H and O–H groups in total. The molecule has 3 rings (SSSR count). The van der Waals surface area contributed by atoms with Crippen molar-refractivity contribution >= 4 is 15.7 Å². The van der Waals surface area contributed by atoms with Crippen LogP contribution in [-0.2, 0) is 10.0 Å². The molecule has 22 heavy (non-hydrogen) atoms. The topological polar surface area (TPSA) is 76.9 Å². The van der Waals surface area contributed by atoms with Crippen molar-refractivity contribution in [3.63, 3.8) is 0 Å². The van der Waals surface area contributed by atoms with Gasteiger partial charge in [0.05, 0.1) is 28.7 Å². The molecule has 0 saturated heterocycles. The predicted octanol–water partition coefficient (Wildman–Crippen LogP) is 2.21. The summed E-state index contributed by atoms with van der Waals surface area (Å²) in [6.07, 6.45) is 3.08. The summed E-state index contributed by atoms with van der Waals surface area (Å²) < 4.78 is 41.8. The summed E-state index contributed by atoms with van der Waals surface area (Å²) in [5, 5.41) is 7.53. The number of anilines is 1. The number of hydrogen-bond donors (Lipinski definition) is 1. The number of rotatable bonds is 4. The summed E-state index contributed by atoms with van der Waals surface area (Å²) in [6, 6.07) is 11.5. The molecule has 1 heterocycles. The average molecular weight is 318 g/mol. The third-order valence-corrected chi connectivity index (χ3v) is 4.29. The fourth-order valence-corrected chi connectivity index (χ4v) is 3.04. The monoisotopic (exact) mass is 318 g/mol. The smallest absolute Gasteiger partial charge is 0.262 e. The Bertz CT molecular complexity index is 895. The molecule has 8 heteroatoms. The molecule has 0 unspecified atom stereocenters. The molecular weight excluding hydrogens is 307 g/mol. The lowest BCUT2D eigenvalue weighted by molar-refractivity contribution is 0.595. The quantitative estimate of drug-likeness (QED) is 0.800. The first-order chi connectivity index (χ1) is 10.6. The third-order valence-electron chi connectivity index (χ3n) is 2.92. The summed E-state index contributed by atoms with van der Waals surface area (Å²) in [5.74, 6) is -0.618. The molecule has 0 aliphatic carbocycles. The van der Waals surface area contributed by atoms with Crippen molar-refractivity contribution in [1.29, 1.82) is 0 Å². The van der Waals surface area contributed by atoms with Crippen LogP contribution in [0.1, 0.15) is 0 Å². The van der Waals surface area contributed by atoms with Crippen molar-refractivity contribution in [2.24, 2.45) is 0 Å². The zero-order chi connectivity index (χ0) is 15.6. The van der Waals surface area contributed by atoms with Crippen LogP contribution >= 0.6 is 0 Å². The van der Waals surface area contributed by atoms with E-state index in [0.29, 0.717) is 11.4 Å². The Morgan fingerprint density at radius 1 is 1.09 bits per heavy atom. The minimum absolute atomic E-state index is 0.152. The van der Waals surface area contributed by atoms with Gasteiger partial charge in [0.1, 0.15) is 5.82 Å². The summed E-state index contributed by atoms with van der Waals surface area (Å²) in [7, 11) is -3.90. The van der Waals surface area contributed by atoms with Gasteiger partial charge in [-0.3, -0.25) is 4.72 Å². The van der Waals surface area contributed by atoms with Gasteiger partial charge in [0, 0.05) is 0 Å². The molecule has 0 radical (unpaired) electrons. The van der Waals surface area contributed by atoms with Crippen LogP contribution in [-0.4, -0.2) is 23.4 Å². The number of hydrogen-bond acceptors (Lipinski definition) is 4. The fraction of sp³-hybridized carbons (Fsp3) is 0. The average Bonchev–Trinajstić information content (AvgIpc) is 3.01. The summed E-state index contributed by atoms with van der Waals surface area (Å²) in [5.41, 5.74) is 0.831. The van der Waals surface area contributed by atoms with Crippen molar-refractivity contribution in [1.82, 2.24) is 15.0 Å². The first kappa shape index (κ1) is 14.2. The van der Waals surface area contributed by atoms with E-state index in [4.69, 9.17) is 0 Å². The number of benzene rings is 2. The van der Waals surface area contributed by atoms with E-state index < -0.39 is 15.8 Å². The standard InChI is InChI=1S/C14H11FN4O2S/c15-11-4-3-5-12(10-11)22(20,21)17-13-6-1-2-7-14(13)19-9-8-16-18-19/h1-10,17H. The van der Waals surface area contributed by atoms with E-state index in [2.05, 4.69) is 15.0 Å². The molecule has 0 saturated carbocycles. The lowest BCUT2D eigenvalue weighted by Gasteiger charge is -2.12. The Labute approximate surface area is 126 Å². The van der Waals surface area contributed by atoms with Gasteiger partial charge in [-0.05, 0) is 30.3 Å². The highest BCUT2D eigenvalue weighted by Gasteiger charge is 2.17. The highest BCUT2D eigenvalue weighted by molar-refractivity contribution is 7.92. The fourth-order valence-electron chi connectivity index (χ4n) is 1.93. The summed E-state index contributed by atoms with van der Waals surface area (Å²) >= 11 is 0. The third kappa shape index (κ3) is 2.82. The van der Waals surface area contributed by atoms with Gasteiger partial charge in [-0.25, -0.2) is 17.5 Å². The molecule has 0 aliphatic heterocycles. The molecule has 1 aromatic heterocycles. The van der Waals surface area contributed by atoms with Gasteiger partial charge >= 0.3 is 0 Å². The van der Waals surface area contributed by atoms with Crippen LogP contribution in [0.2, 0.25) is 0 Å². The zero-order valence-corrected chi connectivity index (χ0v) is 12.0. The molecule has 0 atom stereocenters. The molecule has 3 aromatic rings. The molecule has 112 valence electrons. The molecular formula is C14H11FN4O2S. The van der Waals surface area contributed by atoms with E-state index in [1.807, 2.05) is 0 Å². The van der Waals surface area contributed by atoms with Crippen molar-refractivity contribution < 1.29 is 12.8 Å². The second-order valence-corrected chi connectivity index (χ2v) is 6.11. The normalized spacial score (nSPS) is 11.3. The maximum atomic E-state index is 13.2. The van der Waals surface area contributed by atoms with Crippen LogP contribution in [0.3, 0.4) is 0 Å². The number of aromatic nitrogens is 3. The van der Waals surface area contributed by atoms with Crippen LogP contribution < -0.4 is 4.72 Å². The van der Waals surface area contributed by atoms with Crippen molar-refractivity contribution in [2.45, 2.75) is 4.90 Å². The Kier molecular flexibility index (Phi) is 3.60. The summed E-state index contributed by atoms with van der Waals surface area (Å²) in [6.45, 7) is 0. The maximum Gasteiger partial charge on any atom is 0.262 e. The highest BCUT2D eigenvalue weighted by Crippen LogP contribution is 2.22. The van der Waals surface area contributed by atoms with Crippen LogP contribution in [0.5, 0.6) is 0 Å². The van der Waals surface area contributed by atoms with Crippen molar-refractivity contribution in [3.05, 3.63) is 66.7 Å². The van der Waals surface area contributed by atoms with E-state index in [1.165, 1.54) is 29.1 Å². The van der Waals surface area contributed by atoms with Crippen molar-refractivity contribution in [3.8, 4) is 5.69 Å². The van der Waals surface area contributed by atoms with Gasteiger partial charge < -0.3 is 0 Å². The van der Waals surface area contributed by atoms with Gasteiger partial charge in [0.2, 0.25) is 0 Å². The van der Waals surface area contributed by atoms with E-state index in [1.54, 1.807) is 30.5 Å². The van der Waals surface area contributed by atoms with Gasteiger partial charge in [-0.15, -0.1) is 5.10 Å². The van der Waals surface area contributed by atoms with E-state index >= 15 is 0 Å². The van der Waals surface area contributed by atoms with Gasteiger partial charge in [-0.1, -0.05) is 23.4 Å². The largest absolute Gasteiger partial charge is 0.277 e. The molecule has 0 amide bonds. The first-order valence-electron chi connectivity index (χ1n) is 6.30. The molecule has 0 fully saturated rings. The van der Waals surface area contributed by atoms with Gasteiger partial charge in [0.25, 0.3) is 10.0 Å². The highest BCUT2D eigenvalue weighted by atomic mass is 32.2. The van der Waals surface area contributed by atoms with E-state index in [-0.39, 0.29) is 4.90 Å². The number of halogens is 1. The van der Waals surface area contributed by atoms with E-state index in [9.17, 15) is 12.8 Å². The zero-order valence-electron chi connectivity index (χ0n) is 11.2. The number of nitrogens with zero attached hydrogens (tertiary/aromatic N) is 3. The van der Waals surface area contributed by atoms with Crippen LogP contribution in [0.4, 0.5) is 10.1 Å². The molecule has 0 spiro atoms. The van der Waals surface area contributed by atoms with Gasteiger partial charge in [-0.2, -0.15) is 0 Å². The Morgan fingerprint density at radius 3 is 2.64 bits per heavy atom. The number of nitrogens with one attached hydrogen (secondary N) is 1. The molecule has 0 aliphatic rings. The first-order valence-corrected chi connectivity index (χ1v) is 7.79. The minimum Gasteiger partial charge on any atom is -0.277 e. The summed E-state index contributed by atoms with van der Waals surface area (Å²) in [4.78, 5) is -0.152. The SMILES string of the molecule is O=S(=O)(Nc1ccccc1-n1ccnn1)c1cccc(F)c1. The molecule has 2 aromatic carbocycles. The Morgan fingerprint density at radius 2 is 1.91 bits per heavy atom. The van der Waals surface area contributed by atoms with Gasteiger partial charge in [0.15, 0.2) is 0 Å². The maximum absolute atomic E-state index is 13.2. The number of para-hydroxylation sites is 2. The Hall–Kier alpha value is -2.74. The molecule has 0 bridgehead atoms. The van der Waals surface area contributed by atoms with Crippen LogP contribution in [0, 0.1) is 5.82 Å². The van der Waals surface area contributed by atoms with Crippen molar-refractivity contribution in [2.75, 3.05) is 4.72 Å². The second kappa shape index (κ2) is 5.57. The lowest BCUT2D eigenvalue weighted by Crippen LogP contribution is -2.15. The van der Waals surface area contributed by atoms with Crippen LogP contribution in [0.15, 0.2) is 65.8 Å². The molecule has 6 nitrogen and oxygen atoms in total. The van der Waals surface area contributed by atoms with E-state index in [0.717, 1.165) is 6.07 Å². The second-order valence-electron chi connectivity index (χ2n) is 4.43. The minimum atomic E-state index is -3.90. The number of sulfonamides is 1. The predicted molar refractivity (Wildman–Crippen MR) is 78.6 cm³/mol. The Balaban J connectivity index is 2.00.